The Balaban J connectivity index is 1.08. The summed E-state index contributed by atoms with van der Waals surface area (Å²) >= 11 is 0. The van der Waals surface area contributed by atoms with Crippen molar-refractivity contribution in [1.29, 1.82) is 0 Å². The molecular formula is C33H55N3O4. The number of carbonyl (C=O) groups is 2. The summed E-state index contributed by atoms with van der Waals surface area (Å²) in [7, 11) is 3.80. The minimum absolute atomic E-state index is 0.0780. The van der Waals surface area contributed by atoms with E-state index in [0.29, 0.717) is 47.3 Å². The average Bonchev–Trinajstić information content (AvgIpc) is 3.34. The molecule has 6 aliphatic rings. The van der Waals surface area contributed by atoms with Crippen LogP contribution < -0.4 is 10.6 Å². The molecule has 2 N–H and O–H groups in total. The summed E-state index contributed by atoms with van der Waals surface area (Å²) in [6, 6.07) is 0.201. The molecule has 6 fully saturated rings. The van der Waals surface area contributed by atoms with Gasteiger partial charge in [-0.15, -0.1) is 0 Å². The highest BCUT2D eigenvalue weighted by Crippen LogP contribution is 2.71. The normalized spacial score (nSPS) is 49.6. The second-order valence-corrected chi connectivity index (χ2v) is 15.7. The molecule has 4 saturated carbocycles. The topological polar surface area (TPSA) is 79.9 Å². The van der Waals surface area contributed by atoms with Crippen molar-refractivity contribution in [2.45, 2.75) is 116 Å². The zero-order chi connectivity index (χ0) is 28.4. The fraction of sp³-hybridized carbons (Fsp3) is 0.939. The van der Waals surface area contributed by atoms with Crippen LogP contribution in [0.2, 0.25) is 0 Å². The van der Waals surface area contributed by atoms with Gasteiger partial charge in [0.15, 0.2) is 5.79 Å². The standard InChI is InChI=1S/C33H55N3O4/c1-20-9-14-33(39-18-20)21(2)30-27(40-33)16-26-24-8-7-22-15-23(35-29(38)17-28(37)34-19-36(5)6)10-12-31(22,3)25(24)11-13-32(26,30)4/h20-27,30H,7-19H2,1-6H3,(H,34,37)(H,35,38)/t20-,21-,22+,23?,24+,25-,26-,27-,30-,31-,32-,33+/m0/s1. The van der Waals surface area contributed by atoms with Crippen LogP contribution in [0.25, 0.3) is 0 Å². The maximum atomic E-state index is 12.6. The van der Waals surface area contributed by atoms with E-state index in [1.807, 2.05) is 19.0 Å². The predicted octanol–water partition coefficient (Wildman–Crippen LogP) is 4.94. The van der Waals surface area contributed by atoms with E-state index < -0.39 is 0 Å². The van der Waals surface area contributed by atoms with Crippen molar-refractivity contribution in [2.75, 3.05) is 27.4 Å². The fourth-order valence-corrected chi connectivity index (χ4v) is 11.1. The second-order valence-electron chi connectivity index (χ2n) is 15.7. The minimum atomic E-state index is -0.327. The fourth-order valence-electron chi connectivity index (χ4n) is 11.1. The molecule has 6 rings (SSSR count). The molecule has 1 unspecified atom stereocenters. The van der Waals surface area contributed by atoms with Crippen LogP contribution >= 0.6 is 0 Å². The third-order valence-corrected chi connectivity index (χ3v) is 13.2. The van der Waals surface area contributed by atoms with Crippen LogP contribution in [0, 0.1) is 52.3 Å². The maximum absolute atomic E-state index is 12.6. The van der Waals surface area contributed by atoms with Gasteiger partial charge < -0.3 is 20.1 Å². The number of amides is 2. The van der Waals surface area contributed by atoms with Gasteiger partial charge in [-0.3, -0.25) is 14.5 Å². The van der Waals surface area contributed by atoms with Crippen LogP contribution in [0.5, 0.6) is 0 Å². The molecule has 7 heteroatoms. The van der Waals surface area contributed by atoms with Crippen molar-refractivity contribution >= 4 is 11.8 Å². The van der Waals surface area contributed by atoms with Gasteiger partial charge in [-0.1, -0.05) is 27.7 Å². The van der Waals surface area contributed by atoms with Crippen molar-refractivity contribution in [2.24, 2.45) is 52.3 Å². The molecule has 40 heavy (non-hydrogen) atoms. The lowest BCUT2D eigenvalue weighted by atomic mass is 9.44. The zero-order valence-electron chi connectivity index (χ0n) is 26.0. The van der Waals surface area contributed by atoms with Gasteiger partial charge >= 0.3 is 0 Å². The Kier molecular flexibility index (Phi) is 7.60. The molecule has 2 aliphatic heterocycles. The van der Waals surface area contributed by atoms with E-state index in [0.717, 1.165) is 43.6 Å². The molecule has 0 bridgehead atoms. The van der Waals surface area contributed by atoms with E-state index in [9.17, 15) is 9.59 Å². The average molecular weight is 558 g/mol. The molecule has 1 spiro atoms. The monoisotopic (exact) mass is 557 g/mol. The lowest BCUT2D eigenvalue weighted by molar-refractivity contribution is -0.273. The smallest absolute Gasteiger partial charge is 0.230 e. The summed E-state index contributed by atoms with van der Waals surface area (Å²) in [6.45, 7) is 11.3. The SMILES string of the molecule is C[C@H]1CC[C@@]2(OC1)O[C@H]1C[C@H]3[C@@H]4CC[C@@H]5CC(NC(=O)CC(=O)NCN(C)C)CC[C@]5(C)[C@H]4CC[C@]3(C)[C@H]1[C@@H]2C. The molecule has 0 radical (unpaired) electrons. The van der Waals surface area contributed by atoms with Crippen LogP contribution in [0.1, 0.15) is 98.3 Å². The zero-order valence-corrected chi connectivity index (χ0v) is 26.0. The van der Waals surface area contributed by atoms with Crippen molar-refractivity contribution in [3.63, 3.8) is 0 Å². The van der Waals surface area contributed by atoms with Crippen LogP contribution in [-0.4, -0.2) is 62.0 Å². The summed E-state index contributed by atoms with van der Waals surface area (Å²) in [5, 5.41) is 6.02. The quantitative estimate of drug-likeness (QED) is 0.370. The molecule has 226 valence electrons. The molecule has 2 amide bonds. The first-order valence-electron chi connectivity index (χ1n) is 16.5. The first-order chi connectivity index (χ1) is 18.9. The summed E-state index contributed by atoms with van der Waals surface area (Å²) in [4.78, 5) is 26.7. The molecule has 2 heterocycles. The number of nitrogens with one attached hydrogen (secondary N) is 2. The van der Waals surface area contributed by atoms with Gasteiger partial charge in [0.05, 0.1) is 19.4 Å². The van der Waals surface area contributed by atoms with Crippen molar-refractivity contribution in [3.05, 3.63) is 0 Å². The lowest BCUT2D eigenvalue weighted by Gasteiger charge is -2.61. The Hall–Kier alpha value is -1.18. The van der Waals surface area contributed by atoms with Gasteiger partial charge in [-0.25, -0.2) is 0 Å². The van der Waals surface area contributed by atoms with E-state index >= 15 is 0 Å². The van der Waals surface area contributed by atoms with E-state index in [1.165, 1.54) is 44.9 Å². The van der Waals surface area contributed by atoms with Crippen LogP contribution in [0.4, 0.5) is 0 Å². The number of fused-ring (bicyclic) bond motifs is 7. The van der Waals surface area contributed by atoms with E-state index in [2.05, 4.69) is 38.3 Å². The Morgan fingerprint density at radius 1 is 0.900 bits per heavy atom. The number of hydrogen-bond donors (Lipinski definition) is 2. The maximum Gasteiger partial charge on any atom is 0.230 e. The van der Waals surface area contributed by atoms with Crippen LogP contribution in [-0.2, 0) is 19.1 Å². The predicted molar refractivity (Wildman–Crippen MR) is 155 cm³/mol. The summed E-state index contributed by atoms with van der Waals surface area (Å²) in [5.74, 6) is 4.10. The van der Waals surface area contributed by atoms with Crippen molar-refractivity contribution < 1.29 is 19.1 Å². The number of hydrogen-bond acceptors (Lipinski definition) is 5. The molecule has 7 nitrogen and oxygen atoms in total. The van der Waals surface area contributed by atoms with Crippen molar-refractivity contribution in [3.8, 4) is 0 Å². The highest BCUT2D eigenvalue weighted by molar-refractivity contribution is 5.96. The summed E-state index contributed by atoms with van der Waals surface area (Å²) in [5.41, 5.74) is 0.727. The van der Waals surface area contributed by atoms with Gasteiger partial charge in [-0.05, 0) is 118 Å². The Bertz CT molecular complexity index is 979. The van der Waals surface area contributed by atoms with Gasteiger partial charge in [0.2, 0.25) is 11.8 Å². The number of carbonyl (C=O) groups excluding carboxylic acids is 2. The molecule has 0 aromatic rings. The van der Waals surface area contributed by atoms with E-state index in [4.69, 9.17) is 9.47 Å². The highest BCUT2D eigenvalue weighted by atomic mass is 16.7. The Labute approximate surface area is 242 Å². The Morgan fingerprint density at radius 3 is 2.40 bits per heavy atom. The van der Waals surface area contributed by atoms with Gasteiger partial charge in [0.25, 0.3) is 0 Å². The molecule has 4 aliphatic carbocycles. The lowest BCUT2D eigenvalue weighted by Crippen LogP contribution is -2.56. The minimum Gasteiger partial charge on any atom is -0.353 e. The number of nitrogens with zero attached hydrogens (tertiary/aromatic N) is 1. The van der Waals surface area contributed by atoms with Crippen LogP contribution in [0.3, 0.4) is 0 Å². The summed E-state index contributed by atoms with van der Waals surface area (Å²) in [6.07, 6.45) is 12.4. The van der Waals surface area contributed by atoms with Crippen LogP contribution in [0.15, 0.2) is 0 Å². The van der Waals surface area contributed by atoms with Crippen molar-refractivity contribution in [1.82, 2.24) is 15.5 Å². The number of rotatable bonds is 5. The third kappa shape index (κ3) is 4.74. The highest BCUT2D eigenvalue weighted by Gasteiger charge is 2.69. The van der Waals surface area contributed by atoms with E-state index in [-0.39, 0.29) is 30.1 Å². The first-order valence-corrected chi connectivity index (χ1v) is 16.5. The van der Waals surface area contributed by atoms with Gasteiger partial charge in [0.1, 0.15) is 6.42 Å². The number of ether oxygens (including phenoxy) is 2. The van der Waals surface area contributed by atoms with E-state index in [1.54, 1.807) is 0 Å². The molecular weight excluding hydrogens is 502 g/mol. The van der Waals surface area contributed by atoms with Gasteiger partial charge in [-0.2, -0.15) is 0 Å². The molecule has 0 aromatic carbocycles. The largest absolute Gasteiger partial charge is 0.353 e. The Morgan fingerprint density at radius 2 is 1.68 bits per heavy atom. The molecule has 2 saturated heterocycles. The molecule has 0 aromatic heterocycles. The molecule has 12 atom stereocenters. The summed E-state index contributed by atoms with van der Waals surface area (Å²) < 4.78 is 13.5. The first kappa shape index (κ1) is 28.9. The second kappa shape index (κ2) is 10.5. The third-order valence-electron chi connectivity index (χ3n) is 13.2. The van der Waals surface area contributed by atoms with Gasteiger partial charge in [0, 0.05) is 18.4 Å².